The van der Waals surface area contributed by atoms with E-state index in [1.807, 2.05) is 0 Å². The summed E-state index contributed by atoms with van der Waals surface area (Å²) in [6.45, 7) is 4.15. The first-order valence-corrected chi connectivity index (χ1v) is 4.09. The van der Waals surface area contributed by atoms with E-state index in [4.69, 9.17) is 4.74 Å². The molecule has 0 aromatic carbocycles. The van der Waals surface area contributed by atoms with Crippen molar-refractivity contribution in [2.45, 2.75) is 13.3 Å². The Labute approximate surface area is 72.7 Å². The molecule has 1 aliphatic rings. The van der Waals surface area contributed by atoms with E-state index in [9.17, 15) is 4.79 Å². The van der Waals surface area contributed by atoms with Crippen LogP contribution in [0.1, 0.15) is 13.3 Å². The number of rotatable bonds is 2. The molecule has 1 saturated heterocycles. The molecular formula is C9H13NO2. The number of morpholine rings is 1. The normalized spacial score (nSPS) is 17.1. The fourth-order valence-corrected chi connectivity index (χ4v) is 1.10. The summed E-state index contributed by atoms with van der Waals surface area (Å²) in [7, 11) is 0. The van der Waals surface area contributed by atoms with Gasteiger partial charge in [-0.3, -0.25) is 4.79 Å². The highest BCUT2D eigenvalue weighted by Gasteiger charge is 2.16. The molecule has 0 aliphatic carbocycles. The lowest BCUT2D eigenvalue weighted by atomic mass is 10.3. The van der Waals surface area contributed by atoms with Gasteiger partial charge in [-0.1, -0.05) is 0 Å². The number of hydrogen-bond acceptors (Lipinski definition) is 2. The predicted octanol–water partition coefficient (Wildman–Crippen LogP) is 0.259. The van der Waals surface area contributed by atoms with Crippen LogP contribution in [0, 0.1) is 11.8 Å². The first kappa shape index (κ1) is 9.08. The second-order valence-corrected chi connectivity index (χ2v) is 2.61. The molecule has 0 aromatic rings. The van der Waals surface area contributed by atoms with E-state index in [1.54, 1.807) is 11.8 Å². The Balaban J connectivity index is 2.27. The molecule has 0 saturated carbocycles. The van der Waals surface area contributed by atoms with Gasteiger partial charge >= 0.3 is 0 Å². The van der Waals surface area contributed by atoms with E-state index in [-0.39, 0.29) is 12.5 Å². The Bertz CT molecular complexity index is 214. The molecule has 0 bridgehead atoms. The number of carbonyl (C=O) groups excluding carboxylic acids is 1. The molecule has 1 heterocycles. The van der Waals surface area contributed by atoms with Crippen molar-refractivity contribution in [3.05, 3.63) is 0 Å². The molecule has 66 valence electrons. The van der Waals surface area contributed by atoms with E-state index in [1.165, 1.54) is 0 Å². The Hall–Kier alpha value is -1.01. The fourth-order valence-electron chi connectivity index (χ4n) is 1.10. The monoisotopic (exact) mass is 167 g/mol. The number of carbonyl (C=O) groups is 1. The third-order valence-corrected chi connectivity index (χ3v) is 1.77. The molecular weight excluding hydrogens is 154 g/mol. The van der Waals surface area contributed by atoms with E-state index in [0.29, 0.717) is 13.2 Å². The van der Waals surface area contributed by atoms with Crippen LogP contribution in [-0.4, -0.2) is 37.1 Å². The Kier molecular flexibility index (Phi) is 3.62. The quantitative estimate of drug-likeness (QED) is 0.552. The van der Waals surface area contributed by atoms with Gasteiger partial charge in [0.25, 0.3) is 0 Å². The second-order valence-electron chi connectivity index (χ2n) is 2.61. The zero-order valence-electron chi connectivity index (χ0n) is 7.30. The maximum atomic E-state index is 11.1. The van der Waals surface area contributed by atoms with Crippen LogP contribution in [0.15, 0.2) is 0 Å². The van der Waals surface area contributed by atoms with Crippen molar-refractivity contribution in [1.29, 1.82) is 0 Å². The van der Waals surface area contributed by atoms with Crippen molar-refractivity contribution in [2.24, 2.45) is 0 Å². The lowest BCUT2D eigenvalue weighted by Crippen LogP contribution is -2.41. The van der Waals surface area contributed by atoms with Crippen LogP contribution in [0.25, 0.3) is 0 Å². The summed E-state index contributed by atoms with van der Waals surface area (Å²) in [6.07, 6.45) is 0.766. The molecule has 0 aromatic heterocycles. The van der Waals surface area contributed by atoms with Crippen LogP contribution >= 0.6 is 0 Å². The van der Waals surface area contributed by atoms with Crippen LogP contribution in [0.3, 0.4) is 0 Å². The summed E-state index contributed by atoms with van der Waals surface area (Å²) >= 11 is 0. The van der Waals surface area contributed by atoms with Gasteiger partial charge in [-0.05, 0) is 6.92 Å². The SMILES string of the molecule is CC#CCCN1CCOCC1=O. The highest BCUT2D eigenvalue weighted by Crippen LogP contribution is 1.98. The zero-order valence-corrected chi connectivity index (χ0v) is 7.30. The summed E-state index contributed by atoms with van der Waals surface area (Å²) in [5.41, 5.74) is 0. The molecule has 0 unspecified atom stereocenters. The Morgan fingerprint density at radius 2 is 2.50 bits per heavy atom. The third-order valence-electron chi connectivity index (χ3n) is 1.77. The first-order chi connectivity index (χ1) is 5.84. The number of hydrogen-bond donors (Lipinski definition) is 0. The smallest absolute Gasteiger partial charge is 0.248 e. The van der Waals surface area contributed by atoms with Gasteiger partial charge in [0.15, 0.2) is 0 Å². The van der Waals surface area contributed by atoms with E-state index < -0.39 is 0 Å². The van der Waals surface area contributed by atoms with Crippen LogP contribution < -0.4 is 0 Å². The largest absolute Gasteiger partial charge is 0.370 e. The van der Waals surface area contributed by atoms with Crippen LogP contribution in [0.5, 0.6) is 0 Å². The lowest BCUT2D eigenvalue weighted by Gasteiger charge is -2.25. The van der Waals surface area contributed by atoms with Crippen molar-refractivity contribution in [2.75, 3.05) is 26.3 Å². The first-order valence-electron chi connectivity index (χ1n) is 4.09. The van der Waals surface area contributed by atoms with Crippen molar-refractivity contribution in [3.8, 4) is 11.8 Å². The van der Waals surface area contributed by atoms with Gasteiger partial charge in [-0.15, -0.1) is 11.8 Å². The summed E-state index contributed by atoms with van der Waals surface area (Å²) in [5.74, 6) is 5.82. The van der Waals surface area contributed by atoms with Crippen molar-refractivity contribution in [3.63, 3.8) is 0 Å². The van der Waals surface area contributed by atoms with Crippen LogP contribution in [0.4, 0.5) is 0 Å². The second kappa shape index (κ2) is 4.78. The number of ether oxygens (including phenoxy) is 1. The Morgan fingerprint density at radius 3 is 3.17 bits per heavy atom. The molecule has 3 nitrogen and oxygen atoms in total. The molecule has 0 radical (unpaired) electrons. The lowest BCUT2D eigenvalue weighted by molar-refractivity contribution is -0.142. The molecule has 1 aliphatic heterocycles. The molecule has 0 atom stereocenters. The van der Waals surface area contributed by atoms with Crippen molar-refractivity contribution < 1.29 is 9.53 Å². The molecule has 3 heteroatoms. The van der Waals surface area contributed by atoms with Crippen LogP contribution in [-0.2, 0) is 9.53 Å². The topological polar surface area (TPSA) is 29.5 Å². The highest BCUT2D eigenvalue weighted by molar-refractivity contribution is 5.77. The fraction of sp³-hybridized carbons (Fsp3) is 0.667. The maximum Gasteiger partial charge on any atom is 0.248 e. The van der Waals surface area contributed by atoms with Crippen LogP contribution in [0.2, 0.25) is 0 Å². The van der Waals surface area contributed by atoms with E-state index in [2.05, 4.69) is 11.8 Å². The maximum absolute atomic E-state index is 11.1. The van der Waals surface area contributed by atoms with Crippen molar-refractivity contribution >= 4 is 5.91 Å². The zero-order chi connectivity index (χ0) is 8.81. The predicted molar refractivity (Wildman–Crippen MR) is 45.5 cm³/mol. The third kappa shape index (κ3) is 2.55. The summed E-state index contributed by atoms with van der Waals surface area (Å²) < 4.78 is 4.99. The van der Waals surface area contributed by atoms with Gasteiger partial charge < -0.3 is 9.64 Å². The molecule has 12 heavy (non-hydrogen) atoms. The summed E-state index contributed by atoms with van der Waals surface area (Å²) in [4.78, 5) is 12.9. The molecule has 1 amide bonds. The minimum atomic E-state index is 0.0825. The average molecular weight is 167 g/mol. The van der Waals surface area contributed by atoms with Gasteiger partial charge in [0.2, 0.25) is 5.91 Å². The minimum absolute atomic E-state index is 0.0825. The average Bonchev–Trinajstić information content (AvgIpc) is 2.09. The van der Waals surface area contributed by atoms with Gasteiger partial charge in [0.05, 0.1) is 6.61 Å². The number of nitrogens with zero attached hydrogens (tertiary/aromatic N) is 1. The molecule has 1 fully saturated rings. The van der Waals surface area contributed by atoms with Gasteiger partial charge in [0, 0.05) is 19.5 Å². The summed E-state index contributed by atoms with van der Waals surface area (Å²) in [6, 6.07) is 0. The number of amides is 1. The molecule has 0 spiro atoms. The van der Waals surface area contributed by atoms with Gasteiger partial charge in [0.1, 0.15) is 6.61 Å². The van der Waals surface area contributed by atoms with Gasteiger partial charge in [-0.2, -0.15) is 0 Å². The summed E-state index contributed by atoms with van der Waals surface area (Å²) in [5, 5.41) is 0. The highest BCUT2D eigenvalue weighted by atomic mass is 16.5. The van der Waals surface area contributed by atoms with E-state index in [0.717, 1.165) is 13.0 Å². The molecule has 1 rings (SSSR count). The minimum Gasteiger partial charge on any atom is -0.370 e. The Morgan fingerprint density at radius 1 is 1.67 bits per heavy atom. The standard InChI is InChI=1S/C9H13NO2/c1-2-3-4-5-10-6-7-12-8-9(10)11/h4-8H2,1H3. The van der Waals surface area contributed by atoms with Gasteiger partial charge in [-0.25, -0.2) is 0 Å². The van der Waals surface area contributed by atoms with Crippen molar-refractivity contribution in [1.82, 2.24) is 4.90 Å². The molecule has 0 N–H and O–H groups in total. The van der Waals surface area contributed by atoms with E-state index >= 15 is 0 Å².